The zero-order valence-electron chi connectivity index (χ0n) is 25.3. The van der Waals surface area contributed by atoms with Crippen LogP contribution in [0, 0.1) is 0 Å². The molecule has 2 aromatic carbocycles. The van der Waals surface area contributed by atoms with E-state index in [4.69, 9.17) is 29.8 Å². The molecule has 7 rings (SSSR count). The number of primary amides is 1. The summed E-state index contributed by atoms with van der Waals surface area (Å²) < 4.78 is 24.9. The lowest BCUT2D eigenvalue weighted by Gasteiger charge is -2.44. The monoisotopic (exact) mass is 626 g/mol. The Balaban J connectivity index is 1.11. The fraction of sp³-hybridized carbons (Fsp3) is 0.344. The number of hydrogen-bond donors (Lipinski definition) is 3. The molecule has 14 nitrogen and oxygen atoms in total. The van der Waals surface area contributed by atoms with Crippen molar-refractivity contribution in [2.24, 2.45) is 5.73 Å². The van der Waals surface area contributed by atoms with Crippen molar-refractivity contribution in [3.05, 3.63) is 72.1 Å². The van der Waals surface area contributed by atoms with Gasteiger partial charge in [-0.25, -0.2) is 4.98 Å². The topological polar surface area (TPSA) is 168 Å². The predicted molar refractivity (Wildman–Crippen MR) is 167 cm³/mol. The van der Waals surface area contributed by atoms with E-state index in [1.54, 1.807) is 36.3 Å². The van der Waals surface area contributed by atoms with Gasteiger partial charge in [-0.15, -0.1) is 0 Å². The Kier molecular flexibility index (Phi) is 7.98. The van der Waals surface area contributed by atoms with Gasteiger partial charge in [0.2, 0.25) is 5.95 Å². The van der Waals surface area contributed by atoms with Gasteiger partial charge in [0.05, 0.1) is 44.9 Å². The van der Waals surface area contributed by atoms with E-state index in [9.17, 15) is 9.59 Å². The van der Waals surface area contributed by atoms with E-state index in [0.717, 1.165) is 18.4 Å². The molecule has 3 fully saturated rings. The number of benzene rings is 2. The van der Waals surface area contributed by atoms with Gasteiger partial charge in [-0.05, 0) is 48.9 Å². The zero-order valence-corrected chi connectivity index (χ0v) is 25.3. The van der Waals surface area contributed by atoms with Crippen LogP contribution in [-0.2, 0) is 14.2 Å². The van der Waals surface area contributed by atoms with Crippen molar-refractivity contribution in [1.29, 1.82) is 0 Å². The third-order valence-corrected chi connectivity index (χ3v) is 8.47. The molecule has 238 valence electrons. The highest BCUT2D eigenvalue weighted by Crippen LogP contribution is 2.48. The molecule has 2 aromatic heterocycles. The van der Waals surface area contributed by atoms with Gasteiger partial charge in [-0.2, -0.15) is 10.1 Å². The number of amides is 2. The second-order valence-corrected chi connectivity index (χ2v) is 11.2. The molecule has 1 spiro atoms. The third kappa shape index (κ3) is 5.62. The van der Waals surface area contributed by atoms with Crippen LogP contribution in [-0.4, -0.2) is 88.9 Å². The highest BCUT2D eigenvalue weighted by atomic mass is 16.7. The Hall–Kier alpha value is -5.05. The van der Waals surface area contributed by atoms with Crippen molar-refractivity contribution in [2.75, 3.05) is 57.3 Å². The number of nitrogens with two attached hydrogens (primary N) is 1. The lowest BCUT2D eigenvalue weighted by Crippen LogP contribution is -2.49. The SMILES string of the molecule is COc1c(Nc2nc(Nc3ccc(C(=O)N4CCOCC4)cc3)ncc2C(N)=O)cccc1-c1ccn([C@H]2CCC23OCCO3)n1. The minimum Gasteiger partial charge on any atom is -0.494 e. The van der Waals surface area contributed by atoms with E-state index in [0.29, 0.717) is 67.9 Å². The average Bonchev–Trinajstić information content (AvgIpc) is 3.77. The fourth-order valence-electron chi connectivity index (χ4n) is 5.98. The van der Waals surface area contributed by atoms with Crippen molar-refractivity contribution >= 4 is 35.0 Å². The van der Waals surface area contributed by atoms with Gasteiger partial charge in [-0.1, -0.05) is 6.07 Å². The molecule has 4 aromatic rings. The standard InChI is InChI=1S/C32H34N8O6/c1-43-27-22(24-10-12-40(38-24)26-9-11-32(26)45-17-18-46-32)3-2-4-25(27)36-29-23(28(33)41)19-34-31(37-29)35-21-7-5-20(6-8-21)30(42)39-13-15-44-16-14-39/h2-8,10,12,19,26H,9,11,13-18H2,1H3,(H2,33,41)(H2,34,35,36,37)/t26-/m0/s1. The van der Waals surface area contributed by atoms with Crippen LogP contribution < -0.4 is 21.1 Å². The summed E-state index contributed by atoms with van der Waals surface area (Å²) in [4.78, 5) is 35.7. The van der Waals surface area contributed by atoms with Crippen LogP contribution in [0.2, 0.25) is 0 Å². The van der Waals surface area contributed by atoms with Crippen LogP contribution in [0.1, 0.15) is 39.6 Å². The van der Waals surface area contributed by atoms with Crippen LogP contribution >= 0.6 is 0 Å². The maximum absolute atomic E-state index is 12.8. The van der Waals surface area contributed by atoms with Gasteiger partial charge in [0.1, 0.15) is 17.4 Å². The van der Waals surface area contributed by atoms with E-state index in [2.05, 4.69) is 20.6 Å². The number of rotatable bonds is 9. The Morgan fingerprint density at radius 1 is 1.02 bits per heavy atom. The molecule has 1 aliphatic carbocycles. The van der Waals surface area contributed by atoms with Crippen molar-refractivity contribution in [1.82, 2.24) is 24.6 Å². The number of hydrogen-bond acceptors (Lipinski definition) is 11. The summed E-state index contributed by atoms with van der Waals surface area (Å²) in [5.74, 6) is -0.414. The lowest BCUT2D eigenvalue weighted by atomic mass is 9.85. The summed E-state index contributed by atoms with van der Waals surface area (Å²) >= 11 is 0. The number of carbonyl (C=O) groups is 2. The maximum atomic E-state index is 12.8. The minimum atomic E-state index is -0.695. The van der Waals surface area contributed by atoms with E-state index in [1.807, 2.05) is 35.1 Å². The first kappa shape index (κ1) is 29.6. The first-order chi connectivity index (χ1) is 22.4. The molecule has 1 saturated carbocycles. The minimum absolute atomic E-state index is 0.00239. The number of aromatic nitrogens is 4. The number of carbonyl (C=O) groups excluding carboxylic acids is 2. The average molecular weight is 627 g/mol. The lowest BCUT2D eigenvalue weighted by molar-refractivity contribution is -0.242. The first-order valence-electron chi connectivity index (χ1n) is 15.1. The molecule has 0 bridgehead atoms. The van der Waals surface area contributed by atoms with Crippen LogP contribution in [0.5, 0.6) is 5.75 Å². The van der Waals surface area contributed by atoms with E-state index in [1.165, 1.54) is 6.20 Å². The molecule has 0 unspecified atom stereocenters. The fourth-order valence-corrected chi connectivity index (χ4v) is 5.98. The molecule has 2 saturated heterocycles. The largest absolute Gasteiger partial charge is 0.494 e. The Labute approximate surface area is 264 Å². The second-order valence-electron chi connectivity index (χ2n) is 11.2. The molecule has 3 aliphatic rings. The van der Waals surface area contributed by atoms with Gasteiger partial charge in [0.15, 0.2) is 11.5 Å². The van der Waals surface area contributed by atoms with Crippen molar-refractivity contribution in [3.8, 4) is 17.0 Å². The quantitative estimate of drug-likeness (QED) is 0.249. The molecular weight excluding hydrogens is 592 g/mol. The number of methoxy groups -OCH3 is 1. The molecule has 4 heterocycles. The number of nitrogens with one attached hydrogen (secondary N) is 2. The Bertz CT molecular complexity index is 1750. The number of morpholine rings is 1. The Morgan fingerprint density at radius 2 is 1.80 bits per heavy atom. The molecule has 0 radical (unpaired) electrons. The van der Waals surface area contributed by atoms with Crippen molar-refractivity contribution in [3.63, 3.8) is 0 Å². The van der Waals surface area contributed by atoms with Gasteiger partial charge in [0.25, 0.3) is 11.8 Å². The van der Waals surface area contributed by atoms with Crippen LogP contribution in [0.4, 0.5) is 23.1 Å². The number of para-hydroxylation sites is 1. The highest BCUT2D eigenvalue weighted by molar-refractivity contribution is 5.98. The summed E-state index contributed by atoms with van der Waals surface area (Å²) in [6, 6.07) is 14.5. The van der Waals surface area contributed by atoms with E-state index >= 15 is 0 Å². The molecule has 2 amide bonds. The predicted octanol–water partition coefficient (Wildman–Crippen LogP) is 3.49. The second kappa shape index (κ2) is 12.4. The smallest absolute Gasteiger partial charge is 0.254 e. The van der Waals surface area contributed by atoms with Gasteiger partial charge < -0.3 is 40.2 Å². The van der Waals surface area contributed by atoms with Crippen LogP contribution in [0.15, 0.2) is 60.9 Å². The molecular formula is C32H34N8O6. The normalized spacial score (nSPS) is 18.6. The van der Waals surface area contributed by atoms with Crippen LogP contribution in [0.3, 0.4) is 0 Å². The summed E-state index contributed by atoms with van der Waals surface area (Å²) in [5.41, 5.74) is 9.01. The Morgan fingerprint density at radius 3 is 2.50 bits per heavy atom. The summed E-state index contributed by atoms with van der Waals surface area (Å²) in [7, 11) is 1.57. The van der Waals surface area contributed by atoms with Crippen molar-refractivity contribution < 1.29 is 28.5 Å². The summed E-state index contributed by atoms with van der Waals surface area (Å²) in [6.07, 6.45) is 5.03. The van der Waals surface area contributed by atoms with Crippen molar-refractivity contribution in [2.45, 2.75) is 24.7 Å². The van der Waals surface area contributed by atoms with Gasteiger partial charge in [0, 0.05) is 48.7 Å². The van der Waals surface area contributed by atoms with Crippen LogP contribution in [0.25, 0.3) is 11.3 Å². The van der Waals surface area contributed by atoms with E-state index < -0.39 is 11.7 Å². The maximum Gasteiger partial charge on any atom is 0.254 e. The first-order valence-corrected chi connectivity index (χ1v) is 15.1. The molecule has 14 heteroatoms. The van der Waals surface area contributed by atoms with Gasteiger partial charge >= 0.3 is 0 Å². The highest BCUT2D eigenvalue weighted by Gasteiger charge is 2.53. The molecule has 2 aliphatic heterocycles. The molecule has 1 atom stereocenters. The zero-order chi connectivity index (χ0) is 31.7. The number of anilines is 4. The molecule has 46 heavy (non-hydrogen) atoms. The summed E-state index contributed by atoms with van der Waals surface area (Å²) in [6.45, 7) is 3.38. The third-order valence-electron chi connectivity index (χ3n) is 8.47. The van der Waals surface area contributed by atoms with E-state index in [-0.39, 0.29) is 29.3 Å². The number of nitrogens with zero attached hydrogens (tertiary/aromatic N) is 5. The summed E-state index contributed by atoms with van der Waals surface area (Å²) in [5, 5.41) is 11.2. The number of ether oxygens (including phenoxy) is 4. The van der Waals surface area contributed by atoms with Gasteiger partial charge in [-0.3, -0.25) is 14.3 Å². The molecule has 4 N–H and O–H groups in total.